The lowest BCUT2D eigenvalue weighted by Gasteiger charge is -2.45. The Morgan fingerprint density at radius 1 is 1.09 bits per heavy atom. The molecule has 9 nitrogen and oxygen atoms in total. The Labute approximate surface area is 253 Å². The Kier molecular flexibility index (Phi) is 8.71. The van der Waals surface area contributed by atoms with Crippen LogP contribution in [-0.2, 0) is 19.1 Å². The van der Waals surface area contributed by atoms with Crippen molar-refractivity contribution in [3.05, 3.63) is 70.9 Å². The topological polar surface area (TPSA) is 114 Å². The number of piperidine rings is 1. The lowest BCUT2D eigenvalue weighted by atomic mass is 9.64. The van der Waals surface area contributed by atoms with Gasteiger partial charge in [0, 0.05) is 36.5 Å². The van der Waals surface area contributed by atoms with Crippen molar-refractivity contribution in [3.8, 4) is 11.5 Å². The van der Waals surface area contributed by atoms with E-state index in [4.69, 9.17) is 14.2 Å². The molecule has 230 valence electrons. The molecular weight excluding hydrogens is 548 g/mol. The number of Topliss-reactive ketones (excluding diaryl/α,β-unsaturated/α-hetero) is 1. The molecule has 2 aromatic carbocycles. The van der Waals surface area contributed by atoms with Crippen molar-refractivity contribution in [3.63, 3.8) is 0 Å². The van der Waals surface area contributed by atoms with Gasteiger partial charge in [0.15, 0.2) is 0 Å². The Balaban J connectivity index is 1.43. The van der Waals surface area contributed by atoms with Gasteiger partial charge in [0.05, 0.1) is 19.2 Å². The normalized spacial score (nSPS) is 25.8. The van der Waals surface area contributed by atoms with Gasteiger partial charge in [-0.3, -0.25) is 4.79 Å². The van der Waals surface area contributed by atoms with E-state index in [1.54, 1.807) is 30.2 Å². The highest BCUT2D eigenvalue weighted by molar-refractivity contribution is 5.95. The van der Waals surface area contributed by atoms with Gasteiger partial charge in [0.25, 0.3) is 0 Å². The number of ether oxygens (including phenoxy) is 3. The van der Waals surface area contributed by atoms with Crippen LogP contribution >= 0.6 is 0 Å². The van der Waals surface area contributed by atoms with E-state index in [1.807, 2.05) is 58.0 Å². The zero-order valence-electron chi connectivity index (χ0n) is 25.6. The number of esters is 1. The summed E-state index contributed by atoms with van der Waals surface area (Å²) in [6.45, 7) is 8.06. The standard InChI is InChI=1S/C34H42N2O7/c1-20-29(32(39)42-24-12-9-15-36(19-24)33(40)43-34(2,3)4)30(21-10-8-11-23(37)16-21)31-26(35-20)17-22(18-27(31)38)25-13-6-7-14-28(25)41-5/h6-8,10-11,13-14,16,22,24,26,30-31,35,37H,9,12,15,17-19H2,1-5H3/t22-,24-,26?,30-,31?/m1/s1. The number of likely N-dealkylation sites (tertiary alicyclic amines) is 1. The average Bonchev–Trinajstić information content (AvgIpc) is 2.95. The molecule has 2 aliphatic heterocycles. The Morgan fingerprint density at radius 3 is 2.58 bits per heavy atom. The first-order valence-electron chi connectivity index (χ1n) is 15.1. The summed E-state index contributed by atoms with van der Waals surface area (Å²) in [5.41, 5.74) is 2.08. The molecule has 1 saturated heterocycles. The van der Waals surface area contributed by atoms with E-state index in [0.29, 0.717) is 49.1 Å². The van der Waals surface area contributed by atoms with Crippen molar-refractivity contribution in [1.82, 2.24) is 10.2 Å². The molecule has 2 unspecified atom stereocenters. The molecule has 2 aromatic rings. The lowest BCUT2D eigenvalue weighted by Crippen LogP contribution is -2.52. The van der Waals surface area contributed by atoms with E-state index in [-0.39, 0.29) is 30.0 Å². The predicted octanol–water partition coefficient (Wildman–Crippen LogP) is 5.44. The molecule has 0 bridgehead atoms. The molecule has 2 N–H and O–H groups in total. The summed E-state index contributed by atoms with van der Waals surface area (Å²) in [6, 6.07) is 14.3. The van der Waals surface area contributed by atoms with E-state index in [0.717, 1.165) is 11.3 Å². The Morgan fingerprint density at radius 2 is 1.86 bits per heavy atom. The SMILES string of the molecule is COc1ccccc1[C@H]1CC(=O)C2C(C1)NC(C)=C(C(=O)O[C@@H]1CCCN(C(=O)OC(C)(C)C)C1)[C@H]2c1cccc(O)c1. The number of benzene rings is 2. The zero-order valence-corrected chi connectivity index (χ0v) is 25.6. The number of phenolic OH excluding ortho intramolecular Hbond substituents is 1. The molecule has 0 radical (unpaired) electrons. The lowest BCUT2D eigenvalue weighted by molar-refractivity contribution is -0.147. The van der Waals surface area contributed by atoms with Crippen molar-refractivity contribution in [1.29, 1.82) is 0 Å². The fourth-order valence-corrected chi connectivity index (χ4v) is 6.83. The number of phenols is 1. The fraction of sp³-hybridized carbons (Fsp3) is 0.500. The smallest absolute Gasteiger partial charge is 0.410 e. The number of para-hydroxylation sites is 1. The van der Waals surface area contributed by atoms with E-state index in [9.17, 15) is 19.5 Å². The molecule has 2 fully saturated rings. The zero-order chi connectivity index (χ0) is 30.9. The largest absolute Gasteiger partial charge is 0.508 e. The highest BCUT2D eigenvalue weighted by Crippen LogP contribution is 2.48. The molecule has 1 aliphatic carbocycles. The number of allylic oxidation sites excluding steroid dienone is 1. The van der Waals surface area contributed by atoms with Crippen LogP contribution in [0.25, 0.3) is 0 Å². The number of nitrogens with one attached hydrogen (secondary N) is 1. The van der Waals surface area contributed by atoms with Crippen LogP contribution in [-0.4, -0.2) is 65.8 Å². The number of hydrogen-bond donors (Lipinski definition) is 2. The van der Waals surface area contributed by atoms with E-state index >= 15 is 0 Å². The maximum absolute atomic E-state index is 14.0. The number of aromatic hydroxyl groups is 1. The van der Waals surface area contributed by atoms with Gasteiger partial charge in [0.1, 0.15) is 29.0 Å². The molecule has 9 heteroatoms. The number of ketones is 1. The van der Waals surface area contributed by atoms with Crippen LogP contribution in [0.4, 0.5) is 4.79 Å². The van der Waals surface area contributed by atoms with Crippen LogP contribution in [0.2, 0.25) is 0 Å². The second kappa shape index (κ2) is 12.3. The molecule has 5 rings (SSSR count). The van der Waals surface area contributed by atoms with E-state index in [2.05, 4.69) is 5.32 Å². The summed E-state index contributed by atoms with van der Waals surface area (Å²) < 4.78 is 17.2. The molecule has 3 aliphatic rings. The van der Waals surface area contributed by atoms with Crippen LogP contribution in [0.1, 0.15) is 76.3 Å². The highest BCUT2D eigenvalue weighted by Gasteiger charge is 2.49. The van der Waals surface area contributed by atoms with Gasteiger partial charge in [-0.25, -0.2) is 9.59 Å². The number of amides is 1. The van der Waals surface area contributed by atoms with Gasteiger partial charge in [-0.2, -0.15) is 0 Å². The van der Waals surface area contributed by atoms with Crippen molar-refractivity contribution in [2.24, 2.45) is 5.92 Å². The fourth-order valence-electron chi connectivity index (χ4n) is 6.83. The van der Waals surface area contributed by atoms with E-state index in [1.165, 1.54) is 0 Å². The van der Waals surface area contributed by atoms with Crippen molar-refractivity contribution in [2.75, 3.05) is 20.2 Å². The minimum Gasteiger partial charge on any atom is -0.508 e. The van der Waals surface area contributed by atoms with Gasteiger partial charge in [-0.05, 0) is 82.2 Å². The van der Waals surface area contributed by atoms with Crippen molar-refractivity contribution >= 4 is 17.8 Å². The van der Waals surface area contributed by atoms with Crippen molar-refractivity contribution < 1.29 is 33.7 Å². The van der Waals surface area contributed by atoms with Gasteiger partial charge in [-0.15, -0.1) is 0 Å². The Hall–Kier alpha value is -4.01. The number of carbonyl (C=O) groups excluding carboxylic acids is 3. The first-order chi connectivity index (χ1) is 20.4. The van der Waals surface area contributed by atoms with Gasteiger partial charge >= 0.3 is 12.1 Å². The maximum Gasteiger partial charge on any atom is 0.410 e. The van der Waals surface area contributed by atoms with Crippen LogP contribution in [0.5, 0.6) is 11.5 Å². The van der Waals surface area contributed by atoms with Gasteiger partial charge < -0.3 is 29.5 Å². The number of carbonyl (C=O) groups is 3. The average molecular weight is 591 g/mol. The van der Waals surface area contributed by atoms with Crippen LogP contribution in [0.3, 0.4) is 0 Å². The molecule has 1 saturated carbocycles. The highest BCUT2D eigenvalue weighted by atomic mass is 16.6. The third-order valence-corrected chi connectivity index (χ3v) is 8.60. The minimum atomic E-state index is -0.626. The Bertz CT molecular complexity index is 1410. The van der Waals surface area contributed by atoms with Crippen LogP contribution in [0, 0.1) is 5.92 Å². The number of nitrogens with zero attached hydrogens (tertiary/aromatic N) is 1. The molecule has 2 heterocycles. The summed E-state index contributed by atoms with van der Waals surface area (Å²) in [5, 5.41) is 13.9. The van der Waals surface area contributed by atoms with Gasteiger partial charge in [0.2, 0.25) is 0 Å². The van der Waals surface area contributed by atoms with Gasteiger partial charge in [-0.1, -0.05) is 30.3 Å². The molecule has 5 atom stereocenters. The number of hydrogen-bond acceptors (Lipinski definition) is 8. The third-order valence-electron chi connectivity index (χ3n) is 8.60. The van der Waals surface area contributed by atoms with Crippen LogP contribution in [0.15, 0.2) is 59.8 Å². The monoisotopic (exact) mass is 590 g/mol. The van der Waals surface area contributed by atoms with E-state index < -0.39 is 35.6 Å². The summed E-state index contributed by atoms with van der Waals surface area (Å²) in [4.78, 5) is 42.2. The first kappa shape index (κ1) is 30.4. The summed E-state index contributed by atoms with van der Waals surface area (Å²) in [5.74, 6) is -0.820. The predicted molar refractivity (Wildman–Crippen MR) is 161 cm³/mol. The summed E-state index contributed by atoms with van der Waals surface area (Å²) >= 11 is 0. The molecule has 1 amide bonds. The number of rotatable bonds is 5. The summed E-state index contributed by atoms with van der Waals surface area (Å²) in [6.07, 6.45) is 1.35. The molecule has 43 heavy (non-hydrogen) atoms. The second-order valence-electron chi connectivity index (χ2n) is 12.8. The quantitative estimate of drug-likeness (QED) is 0.443. The summed E-state index contributed by atoms with van der Waals surface area (Å²) in [7, 11) is 1.63. The minimum absolute atomic E-state index is 0.0374. The second-order valence-corrected chi connectivity index (χ2v) is 12.8. The van der Waals surface area contributed by atoms with Crippen molar-refractivity contribution in [2.45, 2.75) is 83.0 Å². The molecule has 0 spiro atoms. The first-order valence-corrected chi connectivity index (χ1v) is 15.1. The maximum atomic E-state index is 14.0. The number of methoxy groups -OCH3 is 1. The van der Waals surface area contributed by atoms with Crippen LogP contribution < -0.4 is 10.1 Å². The third kappa shape index (κ3) is 6.65. The molecule has 0 aromatic heterocycles. The molecular formula is C34H42N2O7. The number of fused-ring (bicyclic) bond motifs is 1.